The molecule has 0 saturated carbocycles. The Morgan fingerprint density at radius 3 is 2.61 bits per heavy atom. The summed E-state index contributed by atoms with van der Waals surface area (Å²) in [5.41, 5.74) is 5.31. The van der Waals surface area contributed by atoms with Gasteiger partial charge in [-0.05, 0) is 18.2 Å². The van der Waals surface area contributed by atoms with Crippen LogP contribution in [0.1, 0.15) is 0 Å². The Morgan fingerprint density at radius 1 is 1.33 bits per heavy atom. The van der Waals surface area contributed by atoms with Crippen LogP contribution in [0.4, 0.5) is 13.2 Å². The summed E-state index contributed by atoms with van der Waals surface area (Å²) >= 11 is 4.12. The zero-order valence-electron chi connectivity index (χ0n) is 9.48. The number of hydrogen-bond acceptors (Lipinski definition) is 4. The van der Waals surface area contributed by atoms with Crippen LogP contribution >= 0.6 is 12.6 Å². The van der Waals surface area contributed by atoms with Crippen LogP contribution in [-0.4, -0.2) is 32.0 Å². The van der Waals surface area contributed by atoms with E-state index in [0.29, 0.717) is 10.6 Å². The number of thiol groups is 1. The molecule has 0 aliphatic heterocycles. The highest BCUT2D eigenvalue weighted by Gasteiger charge is 2.29. The van der Waals surface area contributed by atoms with E-state index in [0.717, 1.165) is 0 Å². The van der Waals surface area contributed by atoms with Crippen molar-refractivity contribution < 1.29 is 22.6 Å². The van der Waals surface area contributed by atoms with Crippen LogP contribution in [0, 0.1) is 0 Å². The molecule has 0 fully saturated rings. The van der Waals surface area contributed by atoms with Gasteiger partial charge in [0.2, 0.25) is 0 Å². The molecule has 0 amide bonds. The summed E-state index contributed by atoms with van der Waals surface area (Å²) in [5.74, 6) is 0.511. The molecule has 0 saturated heterocycles. The van der Waals surface area contributed by atoms with Crippen molar-refractivity contribution in [1.29, 1.82) is 0 Å². The lowest BCUT2D eigenvalue weighted by Gasteiger charge is -2.18. The monoisotopic (exact) mass is 281 g/mol. The maximum atomic E-state index is 12.0. The third-order valence-electron chi connectivity index (χ3n) is 2.00. The molecule has 1 atom stereocenters. The molecule has 0 aliphatic carbocycles. The van der Waals surface area contributed by atoms with E-state index in [2.05, 4.69) is 17.4 Å². The standard InChI is InChI=1S/C11H14F3NO2S/c12-11(13,14)7-17-9(5-15)6-16-8-2-1-3-10(18)4-8/h1-4,9,18H,5-7,15H2/t9-/m0/s1. The van der Waals surface area contributed by atoms with E-state index in [1.54, 1.807) is 24.3 Å². The van der Waals surface area contributed by atoms with Gasteiger partial charge < -0.3 is 15.2 Å². The van der Waals surface area contributed by atoms with Crippen LogP contribution in [0.2, 0.25) is 0 Å². The van der Waals surface area contributed by atoms with E-state index >= 15 is 0 Å². The van der Waals surface area contributed by atoms with E-state index in [1.165, 1.54) is 0 Å². The Bertz CT molecular complexity index is 374. The predicted molar refractivity (Wildman–Crippen MR) is 64.0 cm³/mol. The SMILES string of the molecule is NC[C@@H](COc1cccc(S)c1)OCC(F)(F)F. The summed E-state index contributed by atoms with van der Waals surface area (Å²) in [4.78, 5) is 0.702. The first-order chi connectivity index (χ1) is 8.40. The van der Waals surface area contributed by atoms with E-state index in [-0.39, 0.29) is 13.2 Å². The van der Waals surface area contributed by atoms with Gasteiger partial charge in [0, 0.05) is 11.4 Å². The smallest absolute Gasteiger partial charge is 0.411 e. The summed E-state index contributed by atoms with van der Waals surface area (Å²) in [5, 5.41) is 0. The Hall–Kier alpha value is -0.920. The first-order valence-corrected chi connectivity index (χ1v) is 5.65. The van der Waals surface area contributed by atoms with Gasteiger partial charge in [0.05, 0.1) is 0 Å². The van der Waals surface area contributed by atoms with E-state index in [1.807, 2.05) is 0 Å². The lowest BCUT2D eigenvalue weighted by Crippen LogP contribution is -2.33. The number of hydrogen-bond donors (Lipinski definition) is 2. The average Bonchev–Trinajstić information content (AvgIpc) is 2.28. The fourth-order valence-electron chi connectivity index (χ4n) is 1.16. The van der Waals surface area contributed by atoms with Gasteiger partial charge in [0.1, 0.15) is 25.1 Å². The molecule has 0 unspecified atom stereocenters. The molecule has 7 heteroatoms. The van der Waals surface area contributed by atoms with Gasteiger partial charge in [0.15, 0.2) is 0 Å². The molecule has 102 valence electrons. The van der Waals surface area contributed by atoms with E-state index < -0.39 is 18.9 Å². The van der Waals surface area contributed by atoms with Gasteiger partial charge in [-0.2, -0.15) is 13.2 Å². The number of alkyl halides is 3. The quantitative estimate of drug-likeness (QED) is 0.786. The van der Waals surface area contributed by atoms with Crippen molar-refractivity contribution in [2.75, 3.05) is 19.8 Å². The van der Waals surface area contributed by atoms with E-state index in [4.69, 9.17) is 10.5 Å². The number of benzene rings is 1. The molecule has 0 spiro atoms. The number of halogens is 3. The van der Waals surface area contributed by atoms with Gasteiger partial charge in [-0.3, -0.25) is 0 Å². The third kappa shape index (κ3) is 6.13. The lowest BCUT2D eigenvalue weighted by molar-refractivity contribution is -0.186. The van der Waals surface area contributed by atoms with Crippen LogP contribution in [0.5, 0.6) is 5.75 Å². The van der Waals surface area contributed by atoms with Crippen molar-refractivity contribution in [2.45, 2.75) is 17.2 Å². The molecule has 2 N–H and O–H groups in total. The summed E-state index contributed by atoms with van der Waals surface area (Å²) < 4.78 is 45.8. The Balaban J connectivity index is 2.40. The van der Waals surface area contributed by atoms with Crippen LogP contribution < -0.4 is 10.5 Å². The fraction of sp³-hybridized carbons (Fsp3) is 0.455. The van der Waals surface area contributed by atoms with Gasteiger partial charge >= 0.3 is 6.18 Å². The minimum absolute atomic E-state index is 0.0379. The normalized spacial score (nSPS) is 13.4. The second kappa shape index (κ2) is 6.86. The average molecular weight is 281 g/mol. The van der Waals surface area contributed by atoms with Crippen LogP contribution in [-0.2, 0) is 4.74 Å². The van der Waals surface area contributed by atoms with Gasteiger partial charge in [-0.15, -0.1) is 12.6 Å². The lowest BCUT2D eigenvalue weighted by atomic mass is 10.3. The highest BCUT2D eigenvalue weighted by molar-refractivity contribution is 7.80. The maximum absolute atomic E-state index is 12.0. The zero-order chi connectivity index (χ0) is 13.6. The van der Waals surface area contributed by atoms with Crippen molar-refractivity contribution >= 4 is 12.6 Å². The Morgan fingerprint density at radius 2 is 2.06 bits per heavy atom. The molecule has 0 aromatic heterocycles. The third-order valence-corrected chi connectivity index (χ3v) is 2.28. The van der Waals surface area contributed by atoms with Gasteiger partial charge in [-0.25, -0.2) is 0 Å². The Kier molecular flexibility index (Phi) is 5.77. The second-order valence-electron chi connectivity index (χ2n) is 3.59. The van der Waals surface area contributed by atoms with Crippen molar-refractivity contribution in [1.82, 2.24) is 0 Å². The molecule has 0 radical (unpaired) electrons. The van der Waals surface area contributed by atoms with Crippen LogP contribution in [0.3, 0.4) is 0 Å². The van der Waals surface area contributed by atoms with Gasteiger partial charge in [0.25, 0.3) is 0 Å². The topological polar surface area (TPSA) is 44.5 Å². The van der Waals surface area contributed by atoms with Gasteiger partial charge in [-0.1, -0.05) is 6.07 Å². The molecule has 1 rings (SSSR count). The maximum Gasteiger partial charge on any atom is 0.411 e. The number of ether oxygens (including phenoxy) is 2. The minimum atomic E-state index is -4.36. The summed E-state index contributed by atoms with van der Waals surface area (Å²) in [6.07, 6.45) is -5.16. The molecule has 3 nitrogen and oxygen atoms in total. The first-order valence-electron chi connectivity index (χ1n) is 5.21. The minimum Gasteiger partial charge on any atom is -0.491 e. The summed E-state index contributed by atoms with van der Waals surface area (Å²) in [7, 11) is 0. The molecule has 18 heavy (non-hydrogen) atoms. The summed E-state index contributed by atoms with van der Waals surface area (Å²) in [6.45, 7) is -1.41. The predicted octanol–water partition coefficient (Wildman–Crippen LogP) is 2.26. The molecule has 1 aromatic rings. The van der Waals surface area contributed by atoms with Crippen molar-refractivity contribution in [2.24, 2.45) is 5.73 Å². The first kappa shape index (κ1) is 15.1. The van der Waals surface area contributed by atoms with Crippen LogP contribution in [0.15, 0.2) is 29.2 Å². The highest BCUT2D eigenvalue weighted by Crippen LogP contribution is 2.17. The highest BCUT2D eigenvalue weighted by atomic mass is 32.1. The largest absolute Gasteiger partial charge is 0.491 e. The number of rotatable bonds is 6. The molecule has 0 bridgehead atoms. The Labute approximate surface area is 108 Å². The molecule has 0 aliphatic rings. The van der Waals surface area contributed by atoms with E-state index in [9.17, 15) is 13.2 Å². The molecule has 0 heterocycles. The van der Waals surface area contributed by atoms with Crippen molar-refractivity contribution in [3.63, 3.8) is 0 Å². The zero-order valence-corrected chi connectivity index (χ0v) is 10.4. The van der Waals surface area contributed by atoms with Crippen molar-refractivity contribution in [3.8, 4) is 5.75 Å². The summed E-state index contributed by atoms with van der Waals surface area (Å²) in [6, 6.07) is 6.82. The molecule has 1 aromatic carbocycles. The second-order valence-corrected chi connectivity index (χ2v) is 4.11. The van der Waals surface area contributed by atoms with Crippen LogP contribution in [0.25, 0.3) is 0 Å². The fourth-order valence-corrected chi connectivity index (χ4v) is 1.37. The number of nitrogens with two attached hydrogens (primary N) is 1. The molecular weight excluding hydrogens is 267 g/mol. The van der Waals surface area contributed by atoms with Crippen molar-refractivity contribution in [3.05, 3.63) is 24.3 Å². The molecular formula is C11H14F3NO2S.